The van der Waals surface area contributed by atoms with E-state index in [2.05, 4.69) is 9.71 Å². The van der Waals surface area contributed by atoms with Crippen LogP contribution in [0.4, 0.5) is 5.69 Å². The van der Waals surface area contributed by atoms with Crippen LogP contribution in [0.2, 0.25) is 5.02 Å². The molecule has 0 spiro atoms. The van der Waals surface area contributed by atoms with Gasteiger partial charge in [-0.05, 0) is 49.4 Å². The molecule has 1 heterocycles. The molecular weight excluding hydrogens is 416 g/mol. The van der Waals surface area contributed by atoms with Crippen LogP contribution in [0.25, 0.3) is 0 Å². The Morgan fingerprint density at radius 3 is 2.38 bits per heavy atom. The van der Waals surface area contributed by atoms with Gasteiger partial charge in [0.2, 0.25) is 0 Å². The van der Waals surface area contributed by atoms with Crippen molar-refractivity contribution in [1.29, 1.82) is 0 Å². The number of methoxy groups -OCH3 is 1. The Bertz CT molecular complexity index is 1150. The van der Waals surface area contributed by atoms with E-state index < -0.39 is 10.0 Å². The number of nitrogens with zero attached hydrogens (tertiary/aromatic N) is 1. The standard InChI is InChI=1S/C20H17ClN2O5S/c1-13(24)19-10-15(3-8-20(19)28-17-9-14(21)11-22-12-17)23-29(25,26)18-6-4-16(27-2)5-7-18/h3-12,23H,1-2H3. The highest BCUT2D eigenvalue weighted by Crippen LogP contribution is 2.30. The number of sulfonamides is 1. The maximum atomic E-state index is 12.6. The summed E-state index contributed by atoms with van der Waals surface area (Å²) in [5.74, 6) is 0.862. The van der Waals surface area contributed by atoms with E-state index in [1.165, 1.54) is 56.8 Å². The Morgan fingerprint density at radius 1 is 1.03 bits per heavy atom. The maximum Gasteiger partial charge on any atom is 0.261 e. The normalized spacial score (nSPS) is 11.0. The summed E-state index contributed by atoms with van der Waals surface area (Å²) in [5, 5.41) is 0.385. The van der Waals surface area contributed by atoms with Gasteiger partial charge in [0.25, 0.3) is 10.0 Å². The smallest absolute Gasteiger partial charge is 0.261 e. The second kappa shape index (κ2) is 8.50. The lowest BCUT2D eigenvalue weighted by atomic mass is 10.1. The second-order valence-corrected chi connectivity index (χ2v) is 8.11. The molecule has 150 valence electrons. The zero-order valence-corrected chi connectivity index (χ0v) is 17.1. The third-order valence-corrected chi connectivity index (χ3v) is 5.49. The molecule has 0 radical (unpaired) electrons. The Kier molecular flexibility index (Phi) is 6.05. The molecule has 0 aliphatic rings. The second-order valence-electron chi connectivity index (χ2n) is 5.99. The number of benzene rings is 2. The number of pyridine rings is 1. The quantitative estimate of drug-likeness (QED) is 0.551. The Balaban J connectivity index is 1.88. The Labute approximate surface area is 173 Å². The van der Waals surface area contributed by atoms with E-state index >= 15 is 0 Å². The van der Waals surface area contributed by atoms with Gasteiger partial charge in [-0.3, -0.25) is 14.5 Å². The number of ketones is 1. The number of carbonyl (C=O) groups excluding carboxylic acids is 1. The summed E-state index contributed by atoms with van der Waals surface area (Å²) in [6, 6.07) is 11.9. The number of rotatable bonds is 7. The average molecular weight is 433 g/mol. The first-order chi connectivity index (χ1) is 13.8. The van der Waals surface area contributed by atoms with Gasteiger partial charge < -0.3 is 9.47 Å². The molecule has 2 aromatic carbocycles. The predicted molar refractivity (Wildman–Crippen MR) is 110 cm³/mol. The molecule has 1 aromatic heterocycles. The summed E-state index contributed by atoms with van der Waals surface area (Å²) < 4.78 is 38.4. The van der Waals surface area contributed by atoms with E-state index in [1.807, 2.05) is 0 Å². The number of ether oxygens (including phenoxy) is 2. The minimum Gasteiger partial charge on any atom is -0.497 e. The van der Waals surface area contributed by atoms with Gasteiger partial charge in [0.1, 0.15) is 17.2 Å². The highest BCUT2D eigenvalue weighted by Gasteiger charge is 2.17. The number of hydrogen-bond donors (Lipinski definition) is 1. The van der Waals surface area contributed by atoms with Gasteiger partial charge in [0.05, 0.1) is 28.8 Å². The number of halogens is 1. The summed E-state index contributed by atoms with van der Waals surface area (Å²) >= 11 is 5.89. The first-order valence-corrected chi connectivity index (χ1v) is 10.2. The fourth-order valence-corrected chi connectivity index (χ4v) is 3.72. The minimum atomic E-state index is -3.84. The van der Waals surface area contributed by atoms with Gasteiger partial charge in [0.15, 0.2) is 5.78 Å². The average Bonchev–Trinajstić information content (AvgIpc) is 2.69. The van der Waals surface area contributed by atoms with Crippen LogP contribution in [0.5, 0.6) is 17.2 Å². The molecule has 0 aliphatic heterocycles. The molecular formula is C20H17ClN2O5S. The van der Waals surface area contributed by atoms with Crippen LogP contribution < -0.4 is 14.2 Å². The van der Waals surface area contributed by atoms with Crippen LogP contribution in [0, 0.1) is 0 Å². The van der Waals surface area contributed by atoms with Crippen LogP contribution in [0.15, 0.2) is 65.8 Å². The molecule has 3 rings (SSSR count). The van der Waals surface area contributed by atoms with Crippen molar-refractivity contribution in [3.8, 4) is 17.2 Å². The van der Waals surface area contributed by atoms with Crippen molar-refractivity contribution in [2.75, 3.05) is 11.8 Å². The molecule has 0 unspecified atom stereocenters. The van der Waals surface area contributed by atoms with Gasteiger partial charge in [0, 0.05) is 18.0 Å². The lowest BCUT2D eigenvalue weighted by molar-refractivity contribution is 0.101. The monoisotopic (exact) mass is 432 g/mol. The third kappa shape index (κ3) is 5.04. The topological polar surface area (TPSA) is 94.6 Å². The first-order valence-electron chi connectivity index (χ1n) is 8.39. The molecule has 0 bridgehead atoms. The Hall–Kier alpha value is -3.10. The molecule has 0 saturated carbocycles. The summed E-state index contributed by atoms with van der Waals surface area (Å²) in [6.07, 6.45) is 2.91. The number of aromatic nitrogens is 1. The molecule has 1 N–H and O–H groups in total. The van der Waals surface area contributed by atoms with Crippen LogP contribution in [-0.4, -0.2) is 26.3 Å². The third-order valence-electron chi connectivity index (χ3n) is 3.89. The SMILES string of the molecule is COc1ccc(S(=O)(=O)Nc2ccc(Oc3cncc(Cl)c3)c(C(C)=O)c2)cc1. The molecule has 0 aliphatic carbocycles. The molecule has 0 amide bonds. The lowest BCUT2D eigenvalue weighted by Gasteiger charge is -2.13. The van der Waals surface area contributed by atoms with Gasteiger partial charge in [-0.25, -0.2) is 8.42 Å². The maximum absolute atomic E-state index is 12.6. The zero-order chi connectivity index (χ0) is 21.0. The van der Waals surface area contributed by atoms with Gasteiger partial charge >= 0.3 is 0 Å². The van der Waals surface area contributed by atoms with Crippen LogP contribution in [0.3, 0.4) is 0 Å². The van der Waals surface area contributed by atoms with Crippen molar-refractivity contribution in [1.82, 2.24) is 4.98 Å². The summed E-state index contributed by atoms with van der Waals surface area (Å²) in [6.45, 7) is 1.36. The number of carbonyl (C=O) groups is 1. The van der Waals surface area contributed by atoms with Crippen molar-refractivity contribution >= 4 is 33.1 Å². The van der Waals surface area contributed by atoms with Crippen molar-refractivity contribution in [2.45, 2.75) is 11.8 Å². The first kappa shape index (κ1) is 20.6. The van der Waals surface area contributed by atoms with Crippen molar-refractivity contribution in [2.24, 2.45) is 0 Å². The number of Topliss-reactive ketones (excluding diaryl/α,β-unsaturated/α-hetero) is 1. The number of anilines is 1. The van der Waals surface area contributed by atoms with Crippen LogP contribution >= 0.6 is 11.6 Å². The summed E-state index contributed by atoms with van der Waals surface area (Å²) in [4.78, 5) is 16.1. The number of nitrogens with one attached hydrogen (secondary N) is 1. The highest BCUT2D eigenvalue weighted by atomic mass is 35.5. The van der Waals surface area contributed by atoms with Crippen molar-refractivity contribution in [3.63, 3.8) is 0 Å². The molecule has 0 atom stereocenters. The van der Waals surface area contributed by atoms with Gasteiger partial charge in [-0.2, -0.15) is 0 Å². The zero-order valence-electron chi connectivity index (χ0n) is 15.5. The fraction of sp³-hybridized carbons (Fsp3) is 0.100. The Morgan fingerprint density at radius 2 is 1.76 bits per heavy atom. The van der Waals surface area contributed by atoms with E-state index in [1.54, 1.807) is 18.2 Å². The van der Waals surface area contributed by atoms with E-state index in [4.69, 9.17) is 21.1 Å². The van der Waals surface area contributed by atoms with Crippen molar-refractivity contribution < 1.29 is 22.7 Å². The summed E-state index contributed by atoms with van der Waals surface area (Å²) in [7, 11) is -2.35. The van der Waals surface area contributed by atoms with Gasteiger partial charge in [-0.15, -0.1) is 0 Å². The molecule has 7 nitrogen and oxygen atoms in total. The van der Waals surface area contributed by atoms with E-state index in [0.29, 0.717) is 16.5 Å². The van der Waals surface area contributed by atoms with Crippen LogP contribution in [-0.2, 0) is 10.0 Å². The lowest BCUT2D eigenvalue weighted by Crippen LogP contribution is -2.13. The fourth-order valence-electron chi connectivity index (χ4n) is 2.50. The van der Waals surface area contributed by atoms with E-state index in [-0.39, 0.29) is 27.7 Å². The molecule has 29 heavy (non-hydrogen) atoms. The molecule has 9 heteroatoms. The van der Waals surface area contributed by atoms with Gasteiger partial charge in [-0.1, -0.05) is 11.6 Å². The molecule has 0 saturated heterocycles. The highest BCUT2D eigenvalue weighted by molar-refractivity contribution is 7.92. The summed E-state index contributed by atoms with van der Waals surface area (Å²) in [5.41, 5.74) is 0.433. The number of hydrogen-bond acceptors (Lipinski definition) is 6. The van der Waals surface area contributed by atoms with Crippen LogP contribution in [0.1, 0.15) is 17.3 Å². The molecule has 3 aromatic rings. The largest absolute Gasteiger partial charge is 0.497 e. The minimum absolute atomic E-state index is 0.0630. The predicted octanol–water partition coefficient (Wildman–Crippen LogP) is 4.54. The molecule has 0 fully saturated rings. The van der Waals surface area contributed by atoms with Crippen molar-refractivity contribution in [3.05, 3.63) is 71.5 Å². The van der Waals surface area contributed by atoms with E-state index in [0.717, 1.165) is 0 Å². The van der Waals surface area contributed by atoms with E-state index in [9.17, 15) is 13.2 Å².